The Kier molecular flexibility index (Phi) is 3.04. The van der Waals surface area contributed by atoms with Crippen LogP contribution in [0, 0.1) is 0 Å². The summed E-state index contributed by atoms with van der Waals surface area (Å²) in [5.74, 6) is 1.81. The molecule has 0 spiro atoms. The van der Waals surface area contributed by atoms with E-state index in [0.717, 1.165) is 41.8 Å². The van der Waals surface area contributed by atoms with Crippen LogP contribution in [0.1, 0.15) is 18.0 Å². The highest BCUT2D eigenvalue weighted by Crippen LogP contribution is 2.37. The number of aliphatic imine (C=N–C) groups is 1. The van der Waals surface area contributed by atoms with Crippen molar-refractivity contribution in [2.24, 2.45) is 4.99 Å². The van der Waals surface area contributed by atoms with E-state index in [2.05, 4.69) is 15.2 Å². The fraction of sp³-hybridized carbons (Fsp3) is 0.462. The lowest BCUT2D eigenvalue weighted by Crippen LogP contribution is -2.44. The van der Waals surface area contributed by atoms with Crippen molar-refractivity contribution in [3.05, 3.63) is 28.8 Å². The number of ether oxygens (including phenoxy) is 1. The van der Waals surface area contributed by atoms with E-state index in [1.807, 2.05) is 25.2 Å². The molecule has 0 bridgehead atoms. The van der Waals surface area contributed by atoms with E-state index in [1.165, 1.54) is 0 Å². The van der Waals surface area contributed by atoms with E-state index in [4.69, 9.17) is 16.3 Å². The maximum Gasteiger partial charge on any atom is 0.194 e. The number of hydrogen-bond donors (Lipinski definition) is 1. The number of halogens is 1. The van der Waals surface area contributed by atoms with Crippen LogP contribution in [0.3, 0.4) is 0 Å². The fourth-order valence-corrected chi connectivity index (χ4v) is 2.68. The SMILES string of the molecule is CN1CCCN=C1NC1COc2cccc(Cl)c21. The Morgan fingerprint density at radius 1 is 1.50 bits per heavy atom. The van der Waals surface area contributed by atoms with E-state index in [0.29, 0.717) is 6.61 Å². The fourth-order valence-electron chi connectivity index (χ4n) is 2.38. The quantitative estimate of drug-likeness (QED) is 0.844. The molecule has 0 saturated heterocycles. The molecule has 0 aromatic heterocycles. The summed E-state index contributed by atoms with van der Waals surface area (Å²) in [5.41, 5.74) is 1.04. The van der Waals surface area contributed by atoms with Crippen molar-refractivity contribution in [3.8, 4) is 5.75 Å². The zero-order chi connectivity index (χ0) is 12.5. The molecule has 2 heterocycles. The van der Waals surface area contributed by atoms with Gasteiger partial charge in [0.2, 0.25) is 0 Å². The summed E-state index contributed by atoms with van der Waals surface area (Å²) in [7, 11) is 2.05. The lowest BCUT2D eigenvalue weighted by atomic mass is 10.1. The average molecular weight is 266 g/mol. The number of benzene rings is 1. The van der Waals surface area contributed by atoms with Gasteiger partial charge >= 0.3 is 0 Å². The van der Waals surface area contributed by atoms with Gasteiger partial charge in [-0.3, -0.25) is 4.99 Å². The van der Waals surface area contributed by atoms with Crippen molar-refractivity contribution in [3.63, 3.8) is 0 Å². The smallest absolute Gasteiger partial charge is 0.194 e. The molecule has 0 aliphatic carbocycles. The van der Waals surface area contributed by atoms with Crippen molar-refractivity contribution in [1.82, 2.24) is 10.2 Å². The minimum atomic E-state index is 0.0907. The third-order valence-corrected chi connectivity index (χ3v) is 3.67. The van der Waals surface area contributed by atoms with Crippen molar-refractivity contribution >= 4 is 17.6 Å². The Bertz CT molecular complexity index is 489. The summed E-state index contributed by atoms with van der Waals surface area (Å²) >= 11 is 6.24. The van der Waals surface area contributed by atoms with Gasteiger partial charge in [0.1, 0.15) is 12.4 Å². The summed E-state index contributed by atoms with van der Waals surface area (Å²) in [5, 5.41) is 4.18. The highest BCUT2D eigenvalue weighted by Gasteiger charge is 2.28. The standard InChI is InChI=1S/C13H16ClN3O/c1-17-7-3-6-15-13(17)16-10-8-18-11-5-2-4-9(14)12(10)11/h2,4-5,10H,3,6-8H2,1H3,(H,15,16). The number of nitrogens with one attached hydrogen (secondary N) is 1. The van der Waals surface area contributed by atoms with Crippen molar-refractivity contribution in [2.75, 3.05) is 26.7 Å². The van der Waals surface area contributed by atoms with Crippen LogP contribution in [0.4, 0.5) is 0 Å². The molecule has 1 atom stereocenters. The van der Waals surface area contributed by atoms with Crippen LogP contribution >= 0.6 is 11.6 Å². The maximum atomic E-state index is 6.24. The van der Waals surface area contributed by atoms with E-state index < -0.39 is 0 Å². The second kappa shape index (κ2) is 4.69. The minimum absolute atomic E-state index is 0.0907. The minimum Gasteiger partial charge on any atom is -0.491 e. The first-order chi connectivity index (χ1) is 8.75. The molecule has 4 nitrogen and oxygen atoms in total. The summed E-state index contributed by atoms with van der Waals surface area (Å²) in [6.45, 7) is 2.52. The molecule has 5 heteroatoms. The lowest BCUT2D eigenvalue weighted by Gasteiger charge is -2.27. The van der Waals surface area contributed by atoms with Gasteiger partial charge in [0, 0.05) is 30.7 Å². The van der Waals surface area contributed by atoms with Gasteiger partial charge in [0.05, 0.1) is 6.04 Å². The average Bonchev–Trinajstić information content (AvgIpc) is 2.77. The molecule has 1 N–H and O–H groups in total. The third-order valence-electron chi connectivity index (χ3n) is 3.34. The van der Waals surface area contributed by atoms with Gasteiger partial charge in [-0.1, -0.05) is 17.7 Å². The third kappa shape index (κ3) is 2.01. The molecule has 3 rings (SSSR count). The molecular weight excluding hydrogens is 250 g/mol. The van der Waals surface area contributed by atoms with Crippen molar-refractivity contribution in [1.29, 1.82) is 0 Å². The number of rotatable bonds is 1. The number of nitrogens with zero attached hydrogens (tertiary/aromatic N) is 2. The molecule has 0 saturated carbocycles. The van der Waals surface area contributed by atoms with Crippen LogP contribution in [-0.2, 0) is 0 Å². The highest BCUT2D eigenvalue weighted by atomic mass is 35.5. The Morgan fingerprint density at radius 2 is 2.39 bits per heavy atom. The Balaban J connectivity index is 1.82. The van der Waals surface area contributed by atoms with E-state index >= 15 is 0 Å². The zero-order valence-corrected chi connectivity index (χ0v) is 11.1. The predicted octanol–water partition coefficient (Wildman–Crippen LogP) is 2.05. The van der Waals surface area contributed by atoms with Crippen molar-refractivity contribution < 1.29 is 4.74 Å². The van der Waals surface area contributed by atoms with Crippen LogP contribution in [0.15, 0.2) is 23.2 Å². The number of guanidine groups is 1. The lowest BCUT2D eigenvalue weighted by molar-refractivity contribution is 0.318. The van der Waals surface area contributed by atoms with Gasteiger partial charge in [-0.25, -0.2) is 0 Å². The second-order valence-electron chi connectivity index (χ2n) is 4.64. The van der Waals surface area contributed by atoms with Crippen molar-refractivity contribution in [2.45, 2.75) is 12.5 Å². The van der Waals surface area contributed by atoms with Crippen LogP contribution in [-0.4, -0.2) is 37.6 Å². The molecule has 0 radical (unpaired) electrons. The first-order valence-corrected chi connectivity index (χ1v) is 6.57. The Labute approximate surface area is 112 Å². The van der Waals surface area contributed by atoms with Gasteiger partial charge in [-0.2, -0.15) is 0 Å². The van der Waals surface area contributed by atoms with E-state index in [1.54, 1.807) is 0 Å². The molecular formula is C13H16ClN3O. The van der Waals surface area contributed by atoms with Crippen LogP contribution in [0.25, 0.3) is 0 Å². The second-order valence-corrected chi connectivity index (χ2v) is 5.05. The molecule has 18 heavy (non-hydrogen) atoms. The van der Waals surface area contributed by atoms with Gasteiger partial charge < -0.3 is 15.0 Å². The van der Waals surface area contributed by atoms with Crippen LogP contribution in [0.5, 0.6) is 5.75 Å². The van der Waals surface area contributed by atoms with Gasteiger partial charge in [0.25, 0.3) is 0 Å². The number of fused-ring (bicyclic) bond motifs is 1. The van der Waals surface area contributed by atoms with Gasteiger partial charge in [-0.15, -0.1) is 0 Å². The highest BCUT2D eigenvalue weighted by molar-refractivity contribution is 6.31. The molecule has 0 amide bonds. The Morgan fingerprint density at radius 3 is 3.22 bits per heavy atom. The first kappa shape index (κ1) is 11.7. The number of hydrogen-bond acceptors (Lipinski definition) is 4. The topological polar surface area (TPSA) is 36.9 Å². The summed E-state index contributed by atoms with van der Waals surface area (Å²) in [6, 6.07) is 5.85. The largest absolute Gasteiger partial charge is 0.491 e. The zero-order valence-electron chi connectivity index (χ0n) is 10.3. The normalized spacial score (nSPS) is 22.2. The first-order valence-electron chi connectivity index (χ1n) is 6.19. The molecule has 96 valence electrons. The summed E-state index contributed by atoms with van der Waals surface area (Å²) < 4.78 is 5.65. The molecule has 2 aliphatic rings. The summed E-state index contributed by atoms with van der Waals surface area (Å²) in [4.78, 5) is 6.65. The predicted molar refractivity (Wildman–Crippen MR) is 72.4 cm³/mol. The van der Waals surface area contributed by atoms with Gasteiger partial charge in [0.15, 0.2) is 5.96 Å². The van der Waals surface area contributed by atoms with Crippen LogP contribution in [0.2, 0.25) is 5.02 Å². The molecule has 0 fully saturated rings. The molecule has 1 aromatic rings. The van der Waals surface area contributed by atoms with E-state index in [9.17, 15) is 0 Å². The Hall–Kier alpha value is -1.42. The van der Waals surface area contributed by atoms with Gasteiger partial charge in [-0.05, 0) is 18.6 Å². The molecule has 1 unspecified atom stereocenters. The monoisotopic (exact) mass is 265 g/mol. The molecule has 2 aliphatic heterocycles. The molecule has 1 aromatic carbocycles. The maximum absolute atomic E-state index is 6.24. The van der Waals surface area contributed by atoms with E-state index in [-0.39, 0.29) is 6.04 Å². The summed E-state index contributed by atoms with van der Waals surface area (Å²) in [6.07, 6.45) is 1.11. The van der Waals surface area contributed by atoms with Crippen LogP contribution < -0.4 is 10.1 Å².